The van der Waals surface area contributed by atoms with Crippen molar-refractivity contribution in [2.45, 2.75) is 78.2 Å². The fourth-order valence-electron chi connectivity index (χ4n) is 4.08. The maximum atomic E-state index is 12.7. The topological polar surface area (TPSA) is 81.7 Å². The van der Waals surface area contributed by atoms with Crippen molar-refractivity contribution in [1.82, 2.24) is 0 Å². The molecule has 0 aliphatic heterocycles. The molecule has 0 spiro atoms. The molecule has 1 amide bonds. The maximum absolute atomic E-state index is 12.7. The molecule has 0 aromatic carbocycles. The molecule has 1 aromatic rings. The first-order chi connectivity index (χ1) is 13.8. The summed E-state index contributed by atoms with van der Waals surface area (Å²) in [6, 6.07) is 0. The van der Waals surface area contributed by atoms with Gasteiger partial charge in [0.05, 0.1) is 17.6 Å². The molecule has 160 valence electrons. The van der Waals surface area contributed by atoms with Gasteiger partial charge in [0.15, 0.2) is 6.61 Å². The number of fused-ring (bicyclic) bond motifs is 1. The van der Waals surface area contributed by atoms with Crippen molar-refractivity contribution in [2.24, 2.45) is 11.8 Å². The lowest BCUT2D eigenvalue weighted by Crippen LogP contribution is -2.26. The molecule has 1 unspecified atom stereocenters. The Labute approximate surface area is 176 Å². The minimum atomic E-state index is -0.417. The summed E-state index contributed by atoms with van der Waals surface area (Å²) < 4.78 is 10.7. The average molecular weight is 422 g/mol. The molecule has 3 rings (SSSR count). The number of rotatable bonds is 6. The molecular weight excluding hydrogens is 390 g/mol. The van der Waals surface area contributed by atoms with Crippen LogP contribution in [0.5, 0.6) is 0 Å². The fraction of sp³-hybridized carbons (Fsp3) is 0.682. The van der Waals surface area contributed by atoms with Crippen molar-refractivity contribution in [3.05, 3.63) is 16.0 Å². The summed E-state index contributed by atoms with van der Waals surface area (Å²) in [6.07, 6.45) is 7.37. The quantitative estimate of drug-likeness (QED) is 0.684. The highest BCUT2D eigenvalue weighted by molar-refractivity contribution is 7.17. The van der Waals surface area contributed by atoms with Gasteiger partial charge in [-0.15, -0.1) is 11.3 Å². The van der Waals surface area contributed by atoms with Gasteiger partial charge in [-0.3, -0.25) is 9.59 Å². The smallest absolute Gasteiger partial charge is 0.341 e. The van der Waals surface area contributed by atoms with E-state index >= 15 is 0 Å². The summed E-state index contributed by atoms with van der Waals surface area (Å²) in [7, 11) is 0. The highest BCUT2D eigenvalue weighted by Crippen LogP contribution is 2.40. The van der Waals surface area contributed by atoms with E-state index < -0.39 is 11.9 Å². The van der Waals surface area contributed by atoms with Crippen molar-refractivity contribution in [1.29, 1.82) is 0 Å². The van der Waals surface area contributed by atoms with E-state index in [1.807, 2.05) is 13.8 Å². The third kappa shape index (κ3) is 5.59. The SMILES string of the molecule is CC1CCc2c(sc(NC(=O)COC(=O)C3CCCCC3)c2C(=O)OC(C)C)C1. The average Bonchev–Trinajstić information content (AvgIpc) is 3.03. The molecule has 0 saturated heterocycles. The van der Waals surface area contributed by atoms with E-state index in [4.69, 9.17) is 9.47 Å². The van der Waals surface area contributed by atoms with Gasteiger partial charge in [0.25, 0.3) is 5.91 Å². The molecule has 2 aliphatic carbocycles. The van der Waals surface area contributed by atoms with Crippen LogP contribution in [0.1, 0.15) is 80.1 Å². The number of hydrogen-bond donors (Lipinski definition) is 1. The van der Waals surface area contributed by atoms with E-state index in [-0.39, 0.29) is 24.6 Å². The molecule has 29 heavy (non-hydrogen) atoms. The van der Waals surface area contributed by atoms with E-state index in [0.29, 0.717) is 16.5 Å². The molecule has 1 fully saturated rings. The van der Waals surface area contributed by atoms with E-state index in [2.05, 4.69) is 12.2 Å². The van der Waals surface area contributed by atoms with Gasteiger partial charge in [-0.2, -0.15) is 0 Å². The van der Waals surface area contributed by atoms with E-state index in [1.165, 1.54) is 11.3 Å². The summed E-state index contributed by atoms with van der Waals surface area (Å²) in [5, 5.41) is 3.30. The van der Waals surface area contributed by atoms with Crippen molar-refractivity contribution in [3.8, 4) is 0 Å². The van der Waals surface area contributed by atoms with Crippen molar-refractivity contribution in [3.63, 3.8) is 0 Å². The Balaban J connectivity index is 1.68. The number of carbonyl (C=O) groups is 3. The molecule has 7 heteroatoms. The lowest BCUT2D eigenvalue weighted by Gasteiger charge is -2.19. The van der Waals surface area contributed by atoms with Crippen molar-refractivity contribution >= 4 is 34.2 Å². The van der Waals surface area contributed by atoms with Gasteiger partial charge in [-0.1, -0.05) is 26.2 Å². The third-order valence-electron chi connectivity index (χ3n) is 5.60. The molecule has 1 atom stereocenters. The van der Waals surface area contributed by atoms with Gasteiger partial charge in [0.1, 0.15) is 5.00 Å². The van der Waals surface area contributed by atoms with Gasteiger partial charge in [0.2, 0.25) is 0 Å². The molecule has 6 nitrogen and oxygen atoms in total. The van der Waals surface area contributed by atoms with Gasteiger partial charge >= 0.3 is 11.9 Å². The van der Waals surface area contributed by atoms with Gasteiger partial charge in [-0.25, -0.2) is 4.79 Å². The second kappa shape index (κ2) is 9.74. The highest BCUT2D eigenvalue weighted by atomic mass is 32.1. The zero-order chi connectivity index (χ0) is 21.0. The predicted octanol–water partition coefficient (Wildman–Crippen LogP) is 4.50. The predicted molar refractivity (Wildman–Crippen MR) is 112 cm³/mol. The number of hydrogen-bond acceptors (Lipinski definition) is 6. The standard InChI is InChI=1S/C22H31NO5S/c1-13(2)28-22(26)19-16-10-9-14(3)11-17(16)29-20(19)23-18(24)12-27-21(25)15-7-5-4-6-8-15/h13-15H,4-12H2,1-3H3,(H,23,24). The van der Waals surface area contributed by atoms with Crippen LogP contribution < -0.4 is 5.32 Å². The van der Waals surface area contributed by atoms with Crippen LogP contribution >= 0.6 is 11.3 Å². The van der Waals surface area contributed by atoms with Crippen LogP contribution in [-0.2, 0) is 31.9 Å². The number of amides is 1. The fourth-order valence-corrected chi connectivity index (χ4v) is 5.50. The molecule has 1 N–H and O–H groups in total. The van der Waals surface area contributed by atoms with Crippen LogP contribution in [0.15, 0.2) is 0 Å². The minimum Gasteiger partial charge on any atom is -0.459 e. The van der Waals surface area contributed by atoms with E-state index in [1.54, 1.807) is 0 Å². The van der Waals surface area contributed by atoms with Crippen LogP contribution in [0.25, 0.3) is 0 Å². The van der Waals surface area contributed by atoms with Crippen molar-refractivity contribution < 1.29 is 23.9 Å². The maximum Gasteiger partial charge on any atom is 0.341 e. The number of thiophene rings is 1. The molecular formula is C22H31NO5S. The normalized spacial score (nSPS) is 19.5. The largest absolute Gasteiger partial charge is 0.459 e. The number of esters is 2. The van der Waals surface area contributed by atoms with Gasteiger partial charge in [0, 0.05) is 4.88 Å². The second-order valence-corrected chi connectivity index (χ2v) is 9.61. The van der Waals surface area contributed by atoms with E-state index in [0.717, 1.165) is 61.8 Å². The Morgan fingerprint density at radius 2 is 1.86 bits per heavy atom. The summed E-state index contributed by atoms with van der Waals surface area (Å²) in [6.45, 7) is 5.48. The van der Waals surface area contributed by atoms with Crippen LogP contribution in [0.2, 0.25) is 0 Å². The summed E-state index contributed by atoms with van der Waals surface area (Å²) in [4.78, 5) is 38.4. The van der Waals surface area contributed by atoms with Crippen LogP contribution in [0, 0.1) is 11.8 Å². The second-order valence-electron chi connectivity index (χ2n) is 8.50. The third-order valence-corrected chi connectivity index (χ3v) is 6.77. The molecule has 2 aliphatic rings. The minimum absolute atomic E-state index is 0.0938. The number of anilines is 1. The Morgan fingerprint density at radius 1 is 1.14 bits per heavy atom. The molecule has 0 radical (unpaired) electrons. The number of ether oxygens (including phenoxy) is 2. The molecule has 1 saturated carbocycles. The molecule has 0 bridgehead atoms. The van der Waals surface area contributed by atoms with Gasteiger partial charge in [-0.05, 0) is 57.4 Å². The van der Waals surface area contributed by atoms with Gasteiger partial charge < -0.3 is 14.8 Å². The zero-order valence-corrected chi connectivity index (χ0v) is 18.4. The summed E-state index contributed by atoms with van der Waals surface area (Å²) >= 11 is 1.44. The van der Waals surface area contributed by atoms with Crippen LogP contribution in [0.4, 0.5) is 5.00 Å². The van der Waals surface area contributed by atoms with Crippen molar-refractivity contribution in [2.75, 3.05) is 11.9 Å². The lowest BCUT2D eigenvalue weighted by molar-refractivity contribution is -0.152. The summed E-state index contributed by atoms with van der Waals surface area (Å²) in [5.74, 6) is -0.654. The Hall–Kier alpha value is -1.89. The number of nitrogens with one attached hydrogen (secondary N) is 1. The number of carbonyl (C=O) groups excluding carboxylic acids is 3. The van der Waals surface area contributed by atoms with E-state index in [9.17, 15) is 14.4 Å². The van der Waals surface area contributed by atoms with Crippen LogP contribution in [-0.4, -0.2) is 30.6 Å². The Morgan fingerprint density at radius 3 is 2.55 bits per heavy atom. The first kappa shape index (κ1) is 21.8. The first-order valence-electron chi connectivity index (χ1n) is 10.7. The lowest BCUT2D eigenvalue weighted by atomic mass is 9.88. The van der Waals surface area contributed by atoms with Crippen LogP contribution in [0.3, 0.4) is 0 Å². The first-order valence-corrected chi connectivity index (χ1v) is 11.5. The monoisotopic (exact) mass is 421 g/mol. The molecule has 1 aromatic heterocycles. The Bertz CT molecular complexity index is 763. The highest BCUT2D eigenvalue weighted by Gasteiger charge is 2.30. The Kier molecular flexibility index (Phi) is 7.33. The summed E-state index contributed by atoms with van der Waals surface area (Å²) in [5.41, 5.74) is 1.46. The molecule has 1 heterocycles. The zero-order valence-electron chi connectivity index (χ0n) is 17.5.